The maximum atomic E-state index is 2.43. The second-order valence-electron chi connectivity index (χ2n) is 17.3. The maximum Gasteiger partial charge on any atom is 0.0543 e. The summed E-state index contributed by atoms with van der Waals surface area (Å²) in [7, 11) is 0. The van der Waals surface area contributed by atoms with E-state index in [0.717, 1.165) is 39.6 Å². The van der Waals surface area contributed by atoms with E-state index >= 15 is 0 Å². The Morgan fingerprint density at radius 1 is 0.262 bits per heavy atom. The number of hydrogen-bond donors (Lipinski definition) is 0. The van der Waals surface area contributed by atoms with Gasteiger partial charge in [-0.1, -0.05) is 190 Å². The molecule has 0 atom stereocenters. The average Bonchev–Trinajstić information content (AvgIpc) is 3.62. The Bertz CT molecular complexity index is 3190. The van der Waals surface area contributed by atoms with Gasteiger partial charge in [0.2, 0.25) is 0 Å². The lowest BCUT2D eigenvalue weighted by atomic mass is 9.82. The molecular weight excluding hydrogens is 785 g/mol. The van der Waals surface area contributed by atoms with Crippen molar-refractivity contribution in [2.45, 2.75) is 19.3 Å². The SMILES string of the molecule is CC1(C)c2ccccc2-c2c(N(c3ccccc3)c3ccc(-c4cc(-c5ccccc5)c(-c5ccc(N(c6ccccc6)c6ccccc6)cc5)cc4-c4ccccc4)cc3)cccc21. The van der Waals surface area contributed by atoms with Crippen LogP contribution in [0, 0.1) is 0 Å². The summed E-state index contributed by atoms with van der Waals surface area (Å²) in [5.74, 6) is 0. The van der Waals surface area contributed by atoms with Crippen molar-refractivity contribution in [1.82, 2.24) is 0 Å². The Kier molecular flexibility index (Phi) is 10.3. The fourth-order valence-corrected chi connectivity index (χ4v) is 9.90. The highest BCUT2D eigenvalue weighted by Gasteiger charge is 2.37. The molecule has 65 heavy (non-hydrogen) atoms. The molecule has 1 aliphatic carbocycles. The summed E-state index contributed by atoms with van der Waals surface area (Å²) in [6.45, 7) is 4.70. The molecular formula is C63H48N2. The van der Waals surface area contributed by atoms with Gasteiger partial charge in [0.05, 0.1) is 5.69 Å². The molecule has 0 N–H and O–H groups in total. The van der Waals surface area contributed by atoms with Gasteiger partial charge in [-0.15, -0.1) is 0 Å². The van der Waals surface area contributed by atoms with Crippen LogP contribution in [-0.4, -0.2) is 0 Å². The summed E-state index contributed by atoms with van der Waals surface area (Å²) < 4.78 is 0. The van der Waals surface area contributed by atoms with Crippen molar-refractivity contribution in [1.29, 1.82) is 0 Å². The number of anilines is 6. The second kappa shape index (κ2) is 16.8. The molecule has 0 radical (unpaired) electrons. The molecule has 0 aliphatic heterocycles. The quantitative estimate of drug-likeness (QED) is 0.135. The lowest BCUT2D eigenvalue weighted by Crippen LogP contribution is -2.16. The Morgan fingerprint density at radius 2 is 0.600 bits per heavy atom. The lowest BCUT2D eigenvalue weighted by Gasteiger charge is -2.29. The molecule has 0 saturated heterocycles. The van der Waals surface area contributed by atoms with Crippen molar-refractivity contribution >= 4 is 34.1 Å². The van der Waals surface area contributed by atoms with Gasteiger partial charge >= 0.3 is 0 Å². The van der Waals surface area contributed by atoms with Gasteiger partial charge in [0, 0.05) is 39.4 Å². The Balaban J connectivity index is 1.05. The van der Waals surface area contributed by atoms with E-state index in [-0.39, 0.29) is 5.41 Å². The third-order valence-corrected chi connectivity index (χ3v) is 13.1. The van der Waals surface area contributed by atoms with Gasteiger partial charge in [-0.2, -0.15) is 0 Å². The predicted molar refractivity (Wildman–Crippen MR) is 275 cm³/mol. The molecule has 10 aromatic carbocycles. The molecule has 0 aromatic heterocycles. The summed E-state index contributed by atoms with van der Waals surface area (Å²) in [5.41, 5.74) is 21.4. The second-order valence-corrected chi connectivity index (χ2v) is 17.3. The first-order valence-corrected chi connectivity index (χ1v) is 22.5. The molecule has 2 nitrogen and oxygen atoms in total. The van der Waals surface area contributed by atoms with Gasteiger partial charge in [-0.25, -0.2) is 0 Å². The van der Waals surface area contributed by atoms with Gasteiger partial charge in [-0.05, 0) is 140 Å². The lowest BCUT2D eigenvalue weighted by molar-refractivity contribution is 0.660. The first-order valence-electron chi connectivity index (χ1n) is 22.5. The summed E-state index contributed by atoms with van der Waals surface area (Å²) >= 11 is 0. The predicted octanol–water partition coefficient (Wildman–Crippen LogP) is 17.6. The van der Waals surface area contributed by atoms with Gasteiger partial charge in [0.1, 0.15) is 0 Å². The van der Waals surface area contributed by atoms with Crippen molar-refractivity contribution in [3.63, 3.8) is 0 Å². The fraction of sp³-hybridized carbons (Fsp3) is 0.0476. The smallest absolute Gasteiger partial charge is 0.0543 e. The summed E-state index contributed by atoms with van der Waals surface area (Å²) in [5, 5.41) is 0. The minimum atomic E-state index is -0.0999. The van der Waals surface area contributed by atoms with E-state index in [1.54, 1.807) is 0 Å². The highest BCUT2D eigenvalue weighted by Crippen LogP contribution is 2.54. The molecule has 2 heteroatoms. The zero-order valence-corrected chi connectivity index (χ0v) is 36.6. The Labute approximate surface area is 383 Å². The normalized spacial score (nSPS) is 12.3. The third-order valence-electron chi connectivity index (χ3n) is 13.1. The minimum absolute atomic E-state index is 0.0999. The molecule has 11 rings (SSSR count). The van der Waals surface area contributed by atoms with Crippen LogP contribution >= 0.6 is 0 Å². The summed E-state index contributed by atoms with van der Waals surface area (Å²) in [4.78, 5) is 4.74. The number of fused-ring (bicyclic) bond motifs is 3. The zero-order chi connectivity index (χ0) is 43.7. The molecule has 10 aromatic rings. The number of hydrogen-bond acceptors (Lipinski definition) is 2. The number of benzene rings is 10. The van der Waals surface area contributed by atoms with E-state index in [1.165, 1.54) is 61.3 Å². The van der Waals surface area contributed by atoms with Crippen LogP contribution in [0.1, 0.15) is 25.0 Å². The average molecular weight is 833 g/mol. The van der Waals surface area contributed by atoms with Crippen LogP contribution in [0.2, 0.25) is 0 Å². The Morgan fingerprint density at radius 3 is 1.06 bits per heavy atom. The van der Waals surface area contributed by atoms with E-state index in [2.05, 4.69) is 278 Å². The van der Waals surface area contributed by atoms with Crippen LogP contribution in [0.25, 0.3) is 55.6 Å². The van der Waals surface area contributed by atoms with E-state index in [0.29, 0.717) is 0 Å². The van der Waals surface area contributed by atoms with Crippen molar-refractivity contribution in [3.05, 3.63) is 266 Å². The zero-order valence-electron chi connectivity index (χ0n) is 36.6. The van der Waals surface area contributed by atoms with Crippen LogP contribution in [0.3, 0.4) is 0 Å². The molecule has 0 amide bonds. The minimum Gasteiger partial charge on any atom is -0.311 e. The third kappa shape index (κ3) is 7.29. The largest absolute Gasteiger partial charge is 0.311 e. The van der Waals surface area contributed by atoms with Crippen LogP contribution in [0.5, 0.6) is 0 Å². The van der Waals surface area contributed by atoms with Crippen LogP contribution < -0.4 is 9.80 Å². The summed E-state index contributed by atoms with van der Waals surface area (Å²) in [6.07, 6.45) is 0. The van der Waals surface area contributed by atoms with Gasteiger partial charge < -0.3 is 9.80 Å². The molecule has 0 saturated carbocycles. The monoisotopic (exact) mass is 832 g/mol. The first kappa shape index (κ1) is 39.6. The molecule has 1 aliphatic rings. The maximum absolute atomic E-state index is 2.43. The highest BCUT2D eigenvalue weighted by atomic mass is 15.1. The van der Waals surface area contributed by atoms with Gasteiger partial charge in [0.15, 0.2) is 0 Å². The summed E-state index contributed by atoms with van der Waals surface area (Å²) in [6, 6.07) is 92.4. The molecule has 0 unspecified atom stereocenters. The Hall–Kier alpha value is -8.20. The van der Waals surface area contributed by atoms with Crippen molar-refractivity contribution in [2.24, 2.45) is 0 Å². The van der Waals surface area contributed by atoms with Crippen molar-refractivity contribution < 1.29 is 0 Å². The van der Waals surface area contributed by atoms with Crippen molar-refractivity contribution in [3.8, 4) is 55.6 Å². The topological polar surface area (TPSA) is 6.48 Å². The number of nitrogens with zero attached hydrogens (tertiary/aromatic N) is 2. The first-order chi connectivity index (χ1) is 32.0. The molecule has 0 heterocycles. The molecule has 310 valence electrons. The van der Waals surface area contributed by atoms with E-state index in [1.807, 2.05) is 0 Å². The highest BCUT2D eigenvalue weighted by molar-refractivity contribution is 5.98. The fourth-order valence-electron chi connectivity index (χ4n) is 9.90. The van der Waals surface area contributed by atoms with Crippen LogP contribution in [-0.2, 0) is 5.41 Å². The standard InChI is InChI=1S/C63H48N2/c1-63(2)59-32-19-18-31-54(59)62-60(63)33-20-34-61(62)65(51-29-16-7-17-30-51)53-41-37-48(38-42-53)58-44-55(45-21-8-3-9-22-45)57(43-56(58)46-23-10-4-11-24-46)47-35-39-52(40-36-47)64(49-25-12-5-13-26-49)50-27-14-6-15-28-50/h3-44H,1-2H3. The van der Waals surface area contributed by atoms with E-state index < -0.39 is 0 Å². The molecule has 0 bridgehead atoms. The van der Waals surface area contributed by atoms with E-state index in [4.69, 9.17) is 0 Å². The van der Waals surface area contributed by atoms with Crippen LogP contribution in [0.15, 0.2) is 255 Å². The molecule has 0 spiro atoms. The van der Waals surface area contributed by atoms with E-state index in [9.17, 15) is 0 Å². The van der Waals surface area contributed by atoms with Gasteiger partial charge in [0.25, 0.3) is 0 Å². The van der Waals surface area contributed by atoms with Gasteiger partial charge in [-0.3, -0.25) is 0 Å². The number of para-hydroxylation sites is 3. The number of rotatable bonds is 10. The van der Waals surface area contributed by atoms with Crippen molar-refractivity contribution in [2.75, 3.05) is 9.80 Å². The van der Waals surface area contributed by atoms with Crippen LogP contribution in [0.4, 0.5) is 34.1 Å². The molecule has 0 fully saturated rings.